The molecule has 0 radical (unpaired) electrons. The molecule has 0 unspecified atom stereocenters. The van der Waals surface area contributed by atoms with Crippen molar-refractivity contribution >= 4 is 28.8 Å². The van der Waals surface area contributed by atoms with Crippen LogP contribution >= 0.6 is 11.3 Å². The molecule has 1 N–H and O–H groups in total. The van der Waals surface area contributed by atoms with Crippen molar-refractivity contribution in [3.05, 3.63) is 69.4 Å². The van der Waals surface area contributed by atoms with Gasteiger partial charge in [0.05, 0.1) is 17.0 Å². The van der Waals surface area contributed by atoms with Gasteiger partial charge in [0, 0.05) is 22.9 Å². The molecule has 1 aliphatic carbocycles. The number of nitrogens with one attached hydrogen (secondary N) is 1. The first-order valence-corrected chi connectivity index (χ1v) is 8.95. The Balaban J connectivity index is 1.66. The van der Waals surface area contributed by atoms with E-state index in [1.807, 2.05) is 18.4 Å². The quantitative estimate of drug-likeness (QED) is 0.745. The van der Waals surface area contributed by atoms with E-state index in [1.54, 1.807) is 23.5 Å². The number of halogens is 1. The minimum atomic E-state index is -0.294. The number of fused-ring (bicyclic) bond motifs is 1. The first-order chi connectivity index (χ1) is 12.1. The first kappa shape index (κ1) is 15.9. The van der Waals surface area contributed by atoms with Gasteiger partial charge in [-0.1, -0.05) is 6.07 Å². The van der Waals surface area contributed by atoms with E-state index in [4.69, 9.17) is 0 Å². The molecule has 1 aromatic carbocycles. The summed E-state index contributed by atoms with van der Waals surface area (Å²) in [5.74, 6) is 0.415. The highest BCUT2D eigenvalue weighted by Gasteiger charge is 2.30. The summed E-state index contributed by atoms with van der Waals surface area (Å²) in [7, 11) is 0. The fourth-order valence-corrected chi connectivity index (χ4v) is 4.05. The third kappa shape index (κ3) is 3.17. The maximum atomic E-state index is 13.0. The van der Waals surface area contributed by atoms with Crippen LogP contribution in [0.1, 0.15) is 39.0 Å². The Labute approximate surface area is 148 Å². The molecule has 4 rings (SSSR count). The second-order valence-corrected chi connectivity index (χ2v) is 7.11. The summed E-state index contributed by atoms with van der Waals surface area (Å²) in [5, 5.41) is 5.12. The summed E-state index contributed by atoms with van der Waals surface area (Å²) in [4.78, 5) is 22.8. The molecule has 0 fully saturated rings. The number of aromatic nitrogens is 2. The van der Waals surface area contributed by atoms with Gasteiger partial charge in [0.1, 0.15) is 5.82 Å². The Hall–Kier alpha value is -2.60. The maximum Gasteiger partial charge on any atom is 0.227 e. The van der Waals surface area contributed by atoms with Crippen LogP contribution in [0.2, 0.25) is 0 Å². The Kier molecular flexibility index (Phi) is 4.05. The van der Waals surface area contributed by atoms with Crippen molar-refractivity contribution in [3.8, 4) is 0 Å². The third-order valence-electron chi connectivity index (χ3n) is 4.36. The highest BCUT2D eigenvalue weighted by atomic mass is 32.1. The van der Waals surface area contributed by atoms with Crippen molar-refractivity contribution in [1.82, 2.24) is 9.97 Å². The van der Waals surface area contributed by atoms with Crippen LogP contribution < -0.4 is 5.32 Å². The van der Waals surface area contributed by atoms with E-state index in [9.17, 15) is 9.18 Å². The van der Waals surface area contributed by atoms with Crippen molar-refractivity contribution in [2.24, 2.45) is 0 Å². The second-order valence-electron chi connectivity index (χ2n) is 6.13. The minimum Gasteiger partial charge on any atom is -0.324 e. The number of carbonyl (C=O) groups is 1. The van der Waals surface area contributed by atoms with E-state index in [-0.39, 0.29) is 17.5 Å². The lowest BCUT2D eigenvalue weighted by molar-refractivity contribution is 0.0962. The van der Waals surface area contributed by atoms with Crippen LogP contribution in [-0.2, 0) is 6.42 Å². The molecule has 4 nitrogen and oxygen atoms in total. The molecule has 2 aromatic heterocycles. The largest absolute Gasteiger partial charge is 0.324 e. The van der Waals surface area contributed by atoms with Crippen LogP contribution in [0.25, 0.3) is 0 Å². The van der Waals surface area contributed by atoms with Crippen LogP contribution in [0.5, 0.6) is 0 Å². The Morgan fingerprint density at radius 2 is 1.96 bits per heavy atom. The van der Waals surface area contributed by atoms with E-state index in [1.165, 1.54) is 17.0 Å². The predicted molar refractivity (Wildman–Crippen MR) is 96.2 cm³/mol. The highest BCUT2D eigenvalue weighted by Crippen LogP contribution is 2.35. The Morgan fingerprint density at radius 1 is 1.16 bits per heavy atom. The minimum absolute atomic E-state index is 0.102. The zero-order valence-electron chi connectivity index (χ0n) is 13.6. The molecule has 1 atom stereocenters. The molecule has 1 aliphatic rings. The summed E-state index contributed by atoms with van der Waals surface area (Å²) >= 11 is 1.67. The lowest BCUT2D eigenvalue weighted by Gasteiger charge is -2.23. The molecule has 0 spiro atoms. The van der Waals surface area contributed by atoms with Gasteiger partial charge in [0.25, 0.3) is 0 Å². The maximum absolute atomic E-state index is 13.0. The number of rotatable bonds is 3. The fourth-order valence-electron chi connectivity index (χ4n) is 3.22. The molecule has 0 saturated heterocycles. The molecule has 3 aromatic rings. The van der Waals surface area contributed by atoms with Crippen LogP contribution in [0, 0.1) is 12.7 Å². The van der Waals surface area contributed by atoms with Crippen LogP contribution in [-0.4, -0.2) is 15.8 Å². The average molecular weight is 353 g/mol. The van der Waals surface area contributed by atoms with Crippen molar-refractivity contribution in [2.45, 2.75) is 25.7 Å². The van der Waals surface area contributed by atoms with Crippen molar-refractivity contribution in [3.63, 3.8) is 0 Å². The van der Waals surface area contributed by atoms with Crippen LogP contribution in [0.15, 0.2) is 41.8 Å². The molecule has 6 heteroatoms. The number of hydrogen-bond acceptors (Lipinski definition) is 5. The Bertz CT molecular complexity index is 923. The molecule has 126 valence electrons. The smallest absolute Gasteiger partial charge is 0.227 e. The lowest BCUT2D eigenvalue weighted by Crippen LogP contribution is -2.22. The van der Waals surface area contributed by atoms with Gasteiger partial charge in [-0.25, -0.2) is 14.4 Å². The predicted octanol–water partition coefficient (Wildman–Crippen LogP) is 4.64. The highest BCUT2D eigenvalue weighted by molar-refractivity contribution is 7.10. The molecule has 25 heavy (non-hydrogen) atoms. The van der Waals surface area contributed by atoms with Crippen molar-refractivity contribution in [1.29, 1.82) is 0 Å². The number of benzene rings is 1. The molecular formula is C19H16FN3OS. The number of hydrogen-bond donors (Lipinski definition) is 1. The van der Waals surface area contributed by atoms with Gasteiger partial charge >= 0.3 is 0 Å². The second kappa shape index (κ2) is 6.37. The SMILES string of the molecule is Cc1nc(Nc2ccc(F)cc2)nc2c1C(=O)C[C@H](c1cccs1)C2. The number of Topliss-reactive ketones (excluding diaryl/α,β-unsaturated/α-hetero) is 1. The molecule has 0 saturated carbocycles. The summed E-state index contributed by atoms with van der Waals surface area (Å²) in [6, 6.07) is 10.1. The van der Waals surface area contributed by atoms with Gasteiger partial charge in [-0.05, 0) is 49.1 Å². The van der Waals surface area contributed by atoms with Gasteiger partial charge in [-0.3, -0.25) is 4.79 Å². The van der Waals surface area contributed by atoms with Crippen molar-refractivity contribution in [2.75, 3.05) is 5.32 Å². The molecule has 0 amide bonds. The fraction of sp³-hybridized carbons (Fsp3) is 0.211. The van der Waals surface area contributed by atoms with Gasteiger partial charge in [-0.2, -0.15) is 0 Å². The van der Waals surface area contributed by atoms with Crippen molar-refractivity contribution < 1.29 is 9.18 Å². The van der Waals surface area contributed by atoms with E-state index < -0.39 is 0 Å². The number of ketones is 1. The number of thiophene rings is 1. The normalized spacial score (nSPS) is 16.6. The summed E-state index contributed by atoms with van der Waals surface area (Å²) in [6.07, 6.45) is 1.23. The zero-order chi connectivity index (χ0) is 17.4. The molecule has 2 heterocycles. The van der Waals surface area contributed by atoms with Gasteiger partial charge < -0.3 is 5.32 Å². The number of aryl methyl sites for hydroxylation is 1. The van der Waals surface area contributed by atoms with Gasteiger partial charge in [0.15, 0.2) is 5.78 Å². The van der Waals surface area contributed by atoms with E-state index >= 15 is 0 Å². The topological polar surface area (TPSA) is 54.9 Å². The summed E-state index contributed by atoms with van der Waals surface area (Å²) in [5.41, 5.74) is 2.83. The van der Waals surface area contributed by atoms with E-state index in [2.05, 4.69) is 21.4 Å². The van der Waals surface area contributed by atoms with E-state index in [0.717, 1.165) is 12.1 Å². The number of anilines is 2. The molecular weight excluding hydrogens is 337 g/mol. The molecule has 0 bridgehead atoms. The Morgan fingerprint density at radius 3 is 2.68 bits per heavy atom. The lowest BCUT2D eigenvalue weighted by atomic mass is 9.84. The van der Waals surface area contributed by atoms with E-state index in [0.29, 0.717) is 29.3 Å². The number of nitrogens with zero attached hydrogens (tertiary/aromatic N) is 2. The molecule has 0 aliphatic heterocycles. The van der Waals surface area contributed by atoms with Gasteiger partial charge in [-0.15, -0.1) is 11.3 Å². The first-order valence-electron chi connectivity index (χ1n) is 8.07. The van der Waals surface area contributed by atoms with Crippen LogP contribution in [0.3, 0.4) is 0 Å². The third-order valence-corrected chi connectivity index (χ3v) is 5.40. The standard InChI is InChI=1S/C19H16FN3OS/c1-11-18-15(9-12(10-16(18)24)17-3-2-8-25-17)23-19(21-11)22-14-6-4-13(20)5-7-14/h2-8,12H,9-10H2,1H3,(H,21,22,23)/t12-/m1/s1. The monoisotopic (exact) mass is 353 g/mol. The van der Waals surface area contributed by atoms with Crippen LogP contribution in [0.4, 0.5) is 16.0 Å². The summed E-state index contributed by atoms with van der Waals surface area (Å²) < 4.78 is 13.0. The average Bonchev–Trinajstić information content (AvgIpc) is 3.11. The van der Waals surface area contributed by atoms with Gasteiger partial charge in [0.2, 0.25) is 5.95 Å². The summed E-state index contributed by atoms with van der Waals surface area (Å²) in [6.45, 7) is 1.83. The number of carbonyl (C=O) groups excluding carboxylic acids is 1. The zero-order valence-corrected chi connectivity index (χ0v) is 14.4.